The average molecular weight is 326 g/mol. The van der Waals surface area contributed by atoms with Gasteiger partial charge in [-0.1, -0.05) is 30.0 Å². The number of benzene rings is 1. The Hall–Kier alpha value is -2.34. The first kappa shape index (κ1) is 15.6. The molecule has 1 aromatic carbocycles. The van der Waals surface area contributed by atoms with E-state index in [2.05, 4.69) is 15.2 Å². The highest BCUT2D eigenvalue weighted by molar-refractivity contribution is 7.99. The lowest BCUT2D eigenvalue weighted by Crippen LogP contribution is -2.03. The standard InChI is InChI=1S/C17H18N4OS/c1-13-6-3-4-8-15(13)22-10-11-23-17-20-19-16(21(17)2)14-7-5-9-18-12-14/h3-9,12H,10-11H2,1-2H3. The van der Waals surface area contributed by atoms with Gasteiger partial charge in [-0.15, -0.1) is 10.2 Å². The largest absolute Gasteiger partial charge is 0.492 e. The molecule has 0 bridgehead atoms. The Morgan fingerprint density at radius 2 is 2.00 bits per heavy atom. The van der Waals surface area contributed by atoms with Gasteiger partial charge in [0.05, 0.1) is 6.61 Å². The predicted molar refractivity (Wildman–Crippen MR) is 91.6 cm³/mol. The van der Waals surface area contributed by atoms with Crippen LogP contribution >= 0.6 is 11.8 Å². The summed E-state index contributed by atoms with van der Waals surface area (Å²) in [6, 6.07) is 11.9. The van der Waals surface area contributed by atoms with E-state index in [9.17, 15) is 0 Å². The summed E-state index contributed by atoms with van der Waals surface area (Å²) < 4.78 is 7.78. The number of aromatic nitrogens is 4. The molecule has 0 saturated carbocycles. The molecule has 0 radical (unpaired) electrons. The summed E-state index contributed by atoms with van der Waals surface area (Å²) in [5.74, 6) is 2.57. The molecule has 0 amide bonds. The van der Waals surface area contributed by atoms with Gasteiger partial charge in [0.15, 0.2) is 11.0 Å². The van der Waals surface area contributed by atoms with Gasteiger partial charge in [0, 0.05) is 30.8 Å². The van der Waals surface area contributed by atoms with Crippen LogP contribution in [0.5, 0.6) is 5.75 Å². The van der Waals surface area contributed by atoms with E-state index in [0.29, 0.717) is 6.61 Å². The molecular weight excluding hydrogens is 308 g/mol. The van der Waals surface area contributed by atoms with Crippen molar-refractivity contribution in [3.8, 4) is 17.1 Å². The number of rotatable bonds is 6. The second-order valence-electron chi connectivity index (χ2n) is 5.07. The minimum atomic E-state index is 0.630. The van der Waals surface area contributed by atoms with Crippen LogP contribution in [0.4, 0.5) is 0 Å². The van der Waals surface area contributed by atoms with Crippen molar-refractivity contribution in [2.45, 2.75) is 12.1 Å². The lowest BCUT2D eigenvalue weighted by atomic mass is 10.2. The Kier molecular flexibility index (Phi) is 4.92. The van der Waals surface area contributed by atoms with Crippen LogP contribution in [-0.4, -0.2) is 32.1 Å². The van der Waals surface area contributed by atoms with Gasteiger partial charge in [-0.2, -0.15) is 0 Å². The molecule has 0 aliphatic heterocycles. The molecule has 0 saturated heterocycles. The number of thioether (sulfide) groups is 1. The SMILES string of the molecule is Cc1ccccc1OCCSc1nnc(-c2cccnc2)n1C. The highest BCUT2D eigenvalue weighted by Crippen LogP contribution is 2.22. The third-order valence-electron chi connectivity index (χ3n) is 3.42. The second-order valence-corrected chi connectivity index (χ2v) is 6.13. The molecule has 3 aromatic rings. The summed E-state index contributed by atoms with van der Waals surface area (Å²) >= 11 is 1.63. The summed E-state index contributed by atoms with van der Waals surface area (Å²) in [6.07, 6.45) is 3.54. The third-order valence-corrected chi connectivity index (χ3v) is 4.40. The Balaban J connectivity index is 1.57. The molecule has 0 fully saturated rings. The molecule has 0 N–H and O–H groups in total. The fraction of sp³-hybridized carbons (Fsp3) is 0.235. The number of para-hydroxylation sites is 1. The Morgan fingerprint density at radius 3 is 2.78 bits per heavy atom. The van der Waals surface area contributed by atoms with Gasteiger partial charge in [-0.25, -0.2) is 0 Å². The zero-order valence-electron chi connectivity index (χ0n) is 13.1. The average Bonchev–Trinajstić information content (AvgIpc) is 2.95. The van der Waals surface area contributed by atoms with Crippen molar-refractivity contribution >= 4 is 11.8 Å². The lowest BCUT2D eigenvalue weighted by molar-refractivity contribution is 0.341. The van der Waals surface area contributed by atoms with E-state index >= 15 is 0 Å². The zero-order chi connectivity index (χ0) is 16.1. The van der Waals surface area contributed by atoms with Crippen LogP contribution in [0.3, 0.4) is 0 Å². The summed E-state index contributed by atoms with van der Waals surface area (Å²) in [5.41, 5.74) is 2.11. The summed E-state index contributed by atoms with van der Waals surface area (Å²) in [4.78, 5) is 4.12. The van der Waals surface area contributed by atoms with Gasteiger partial charge in [-0.05, 0) is 30.7 Å². The minimum absolute atomic E-state index is 0.630. The van der Waals surface area contributed by atoms with Crippen molar-refractivity contribution < 1.29 is 4.74 Å². The number of nitrogens with zero attached hydrogens (tertiary/aromatic N) is 4. The normalized spacial score (nSPS) is 10.7. The quantitative estimate of drug-likeness (QED) is 0.513. The maximum Gasteiger partial charge on any atom is 0.191 e. The van der Waals surface area contributed by atoms with Crippen molar-refractivity contribution in [2.24, 2.45) is 7.05 Å². The van der Waals surface area contributed by atoms with Crippen LogP contribution in [0.15, 0.2) is 53.9 Å². The van der Waals surface area contributed by atoms with Crippen molar-refractivity contribution in [3.05, 3.63) is 54.4 Å². The smallest absolute Gasteiger partial charge is 0.191 e. The molecule has 2 heterocycles. The monoisotopic (exact) mass is 326 g/mol. The molecular formula is C17H18N4OS. The van der Waals surface area contributed by atoms with Crippen molar-refractivity contribution in [2.75, 3.05) is 12.4 Å². The van der Waals surface area contributed by atoms with E-state index in [4.69, 9.17) is 4.74 Å². The predicted octanol–water partition coefficient (Wildman–Crippen LogP) is 3.36. The molecule has 6 heteroatoms. The van der Waals surface area contributed by atoms with Crippen molar-refractivity contribution in [1.82, 2.24) is 19.7 Å². The van der Waals surface area contributed by atoms with Crippen LogP contribution in [0, 0.1) is 6.92 Å². The maximum atomic E-state index is 5.80. The van der Waals surface area contributed by atoms with Gasteiger partial charge in [-0.3, -0.25) is 4.98 Å². The Labute approximate surface area is 139 Å². The molecule has 0 spiro atoms. The molecule has 23 heavy (non-hydrogen) atoms. The van der Waals surface area contributed by atoms with E-state index in [1.54, 1.807) is 24.2 Å². The molecule has 2 aromatic heterocycles. The first-order valence-electron chi connectivity index (χ1n) is 7.37. The molecule has 118 valence electrons. The summed E-state index contributed by atoms with van der Waals surface area (Å²) in [5, 5.41) is 9.37. The van der Waals surface area contributed by atoms with Crippen molar-refractivity contribution in [3.63, 3.8) is 0 Å². The van der Waals surface area contributed by atoms with E-state index in [1.165, 1.54) is 0 Å². The van der Waals surface area contributed by atoms with Gasteiger partial charge >= 0.3 is 0 Å². The molecule has 0 unspecified atom stereocenters. The van der Waals surface area contributed by atoms with Crippen LogP contribution in [0.1, 0.15) is 5.56 Å². The topological polar surface area (TPSA) is 52.8 Å². The molecule has 0 atom stereocenters. The minimum Gasteiger partial charge on any atom is -0.492 e. The van der Waals surface area contributed by atoms with E-state index in [1.807, 2.05) is 54.9 Å². The molecule has 5 nitrogen and oxygen atoms in total. The second kappa shape index (κ2) is 7.28. The molecule has 3 rings (SSSR count). The van der Waals surface area contributed by atoms with Gasteiger partial charge < -0.3 is 9.30 Å². The molecule has 0 aliphatic rings. The van der Waals surface area contributed by atoms with Crippen molar-refractivity contribution in [1.29, 1.82) is 0 Å². The first-order chi connectivity index (χ1) is 11.3. The summed E-state index contributed by atoms with van der Waals surface area (Å²) in [7, 11) is 1.97. The van der Waals surface area contributed by atoms with Crippen LogP contribution in [-0.2, 0) is 7.05 Å². The summed E-state index contributed by atoms with van der Waals surface area (Å²) in [6.45, 7) is 2.68. The van der Waals surface area contributed by atoms with E-state index in [0.717, 1.165) is 33.6 Å². The first-order valence-corrected chi connectivity index (χ1v) is 8.35. The van der Waals surface area contributed by atoms with E-state index < -0.39 is 0 Å². The number of aryl methyl sites for hydroxylation is 1. The van der Waals surface area contributed by atoms with Crippen LogP contribution in [0.2, 0.25) is 0 Å². The molecule has 0 aliphatic carbocycles. The highest BCUT2D eigenvalue weighted by atomic mass is 32.2. The van der Waals surface area contributed by atoms with Crippen LogP contribution < -0.4 is 4.74 Å². The highest BCUT2D eigenvalue weighted by Gasteiger charge is 2.11. The van der Waals surface area contributed by atoms with Gasteiger partial charge in [0.25, 0.3) is 0 Å². The van der Waals surface area contributed by atoms with Gasteiger partial charge in [0.2, 0.25) is 0 Å². The fourth-order valence-electron chi connectivity index (χ4n) is 2.19. The van der Waals surface area contributed by atoms with E-state index in [-0.39, 0.29) is 0 Å². The van der Waals surface area contributed by atoms with Gasteiger partial charge in [0.1, 0.15) is 5.75 Å². The number of hydrogen-bond acceptors (Lipinski definition) is 5. The zero-order valence-corrected chi connectivity index (χ0v) is 14.0. The number of hydrogen-bond donors (Lipinski definition) is 0. The van der Waals surface area contributed by atoms with Crippen LogP contribution in [0.25, 0.3) is 11.4 Å². The Morgan fingerprint density at radius 1 is 1.13 bits per heavy atom. The maximum absolute atomic E-state index is 5.80. The Bertz CT molecular complexity index is 773. The number of ether oxygens (including phenoxy) is 1. The lowest BCUT2D eigenvalue weighted by Gasteiger charge is -2.08. The number of pyridine rings is 1. The third kappa shape index (κ3) is 3.71. The fourth-order valence-corrected chi connectivity index (χ4v) is 2.92.